The smallest absolute Gasteiger partial charge is 0.196 e. The van der Waals surface area contributed by atoms with Crippen LogP contribution in [0, 0.1) is 0 Å². The molecule has 0 N–H and O–H groups in total. The highest BCUT2D eigenvalue weighted by molar-refractivity contribution is 5.80. The van der Waals surface area contributed by atoms with E-state index < -0.39 is 0 Å². The zero-order valence-electron chi connectivity index (χ0n) is 7.79. The van der Waals surface area contributed by atoms with Crippen LogP contribution >= 0.6 is 0 Å². The van der Waals surface area contributed by atoms with Gasteiger partial charge in [-0.05, 0) is 19.3 Å². The minimum atomic E-state index is 1.02. The molecular weight excluding hydrogens is 150 g/mol. The number of aliphatic imine (C=N–C) groups is 1. The number of hydrogen-bond donors (Lipinski definition) is 0. The Balaban J connectivity index is 2.12. The number of nitrogens with zero attached hydrogens (tertiary/aromatic N) is 3. The van der Waals surface area contributed by atoms with Crippen LogP contribution in [0.25, 0.3) is 0 Å². The van der Waals surface area contributed by atoms with Crippen LogP contribution in [-0.4, -0.2) is 49.0 Å². The predicted molar refractivity (Wildman–Crippen MR) is 50.4 cm³/mol. The molecule has 1 saturated heterocycles. The zero-order chi connectivity index (χ0) is 8.39. The van der Waals surface area contributed by atoms with Gasteiger partial charge in [-0.1, -0.05) is 0 Å². The zero-order valence-corrected chi connectivity index (χ0v) is 7.79. The molecule has 12 heavy (non-hydrogen) atoms. The molecule has 0 aromatic rings. The summed E-state index contributed by atoms with van der Waals surface area (Å²) < 4.78 is 0. The van der Waals surface area contributed by atoms with E-state index in [9.17, 15) is 0 Å². The topological polar surface area (TPSA) is 18.8 Å². The van der Waals surface area contributed by atoms with Gasteiger partial charge in [0.1, 0.15) is 0 Å². The van der Waals surface area contributed by atoms with Crippen LogP contribution < -0.4 is 0 Å². The molecule has 0 unspecified atom stereocenters. The van der Waals surface area contributed by atoms with E-state index in [4.69, 9.17) is 0 Å². The summed E-state index contributed by atoms with van der Waals surface area (Å²) in [6, 6.07) is 0. The summed E-state index contributed by atoms with van der Waals surface area (Å²) in [6.45, 7) is 4.62. The van der Waals surface area contributed by atoms with Crippen molar-refractivity contribution in [3.8, 4) is 0 Å². The van der Waals surface area contributed by atoms with E-state index in [1.54, 1.807) is 0 Å². The molecular formula is C9H17N3. The quantitative estimate of drug-likeness (QED) is 0.531. The van der Waals surface area contributed by atoms with Crippen molar-refractivity contribution in [2.45, 2.75) is 19.3 Å². The van der Waals surface area contributed by atoms with Crippen molar-refractivity contribution in [2.24, 2.45) is 4.99 Å². The van der Waals surface area contributed by atoms with Crippen molar-refractivity contribution in [1.82, 2.24) is 9.80 Å². The summed E-state index contributed by atoms with van der Waals surface area (Å²) in [5, 5.41) is 0. The number of guanidine groups is 1. The van der Waals surface area contributed by atoms with Crippen molar-refractivity contribution in [2.75, 3.05) is 33.2 Å². The Morgan fingerprint density at radius 1 is 1.08 bits per heavy atom. The van der Waals surface area contributed by atoms with Gasteiger partial charge >= 0.3 is 0 Å². The summed E-state index contributed by atoms with van der Waals surface area (Å²) in [6.07, 6.45) is 3.85. The Morgan fingerprint density at radius 2 is 1.92 bits per heavy atom. The Bertz CT molecular complexity index is 188. The second-order valence-electron chi connectivity index (χ2n) is 3.65. The third-order valence-corrected chi connectivity index (χ3v) is 2.64. The van der Waals surface area contributed by atoms with Crippen LogP contribution in [0.2, 0.25) is 0 Å². The Morgan fingerprint density at radius 3 is 2.83 bits per heavy atom. The molecule has 0 spiro atoms. The van der Waals surface area contributed by atoms with Crippen LogP contribution in [0.4, 0.5) is 0 Å². The normalized spacial score (nSPS) is 24.6. The van der Waals surface area contributed by atoms with Gasteiger partial charge < -0.3 is 9.80 Å². The molecule has 3 nitrogen and oxygen atoms in total. The van der Waals surface area contributed by atoms with Crippen molar-refractivity contribution in [3.63, 3.8) is 0 Å². The van der Waals surface area contributed by atoms with Crippen LogP contribution in [0.15, 0.2) is 4.99 Å². The Hall–Kier alpha value is -0.730. The van der Waals surface area contributed by atoms with E-state index in [-0.39, 0.29) is 0 Å². The molecule has 0 radical (unpaired) electrons. The molecule has 2 aliphatic rings. The average Bonchev–Trinajstić information content (AvgIpc) is 2.30. The van der Waals surface area contributed by atoms with Crippen molar-refractivity contribution >= 4 is 5.96 Å². The summed E-state index contributed by atoms with van der Waals surface area (Å²) >= 11 is 0. The highest BCUT2D eigenvalue weighted by Crippen LogP contribution is 2.11. The monoisotopic (exact) mass is 167 g/mol. The minimum absolute atomic E-state index is 1.02. The van der Waals surface area contributed by atoms with Gasteiger partial charge in [0.15, 0.2) is 5.96 Å². The second kappa shape index (κ2) is 3.33. The molecule has 3 heteroatoms. The van der Waals surface area contributed by atoms with E-state index in [0.29, 0.717) is 0 Å². The molecule has 0 aliphatic carbocycles. The van der Waals surface area contributed by atoms with Gasteiger partial charge in [-0.3, -0.25) is 4.99 Å². The molecule has 68 valence electrons. The van der Waals surface area contributed by atoms with Gasteiger partial charge in [-0.15, -0.1) is 0 Å². The first-order chi connectivity index (χ1) is 5.88. The lowest BCUT2D eigenvalue weighted by Crippen LogP contribution is -2.48. The maximum atomic E-state index is 4.59. The lowest BCUT2D eigenvalue weighted by Gasteiger charge is -2.36. The number of hydrogen-bond acceptors (Lipinski definition) is 3. The summed E-state index contributed by atoms with van der Waals surface area (Å²) in [7, 11) is 2.15. The van der Waals surface area contributed by atoms with E-state index in [2.05, 4.69) is 21.8 Å². The highest BCUT2D eigenvalue weighted by Gasteiger charge is 2.21. The fourth-order valence-corrected chi connectivity index (χ4v) is 1.97. The molecule has 0 bridgehead atoms. The lowest BCUT2D eigenvalue weighted by atomic mass is 10.2. The Labute approximate surface area is 74.1 Å². The van der Waals surface area contributed by atoms with Gasteiger partial charge in [0.2, 0.25) is 0 Å². The highest BCUT2D eigenvalue weighted by atomic mass is 15.4. The largest absolute Gasteiger partial charge is 0.346 e. The Kier molecular flexibility index (Phi) is 2.19. The first kappa shape index (κ1) is 7.90. The fraction of sp³-hybridized carbons (Fsp3) is 0.889. The standard InChI is InChI=1S/C9H17N3/c1-11-6-4-8-12-7-3-2-5-10-9(11)12/h2-8H2,1H3. The summed E-state index contributed by atoms with van der Waals surface area (Å²) in [4.78, 5) is 9.31. The minimum Gasteiger partial charge on any atom is -0.346 e. The molecule has 0 aromatic heterocycles. The number of fused-ring (bicyclic) bond motifs is 1. The van der Waals surface area contributed by atoms with E-state index >= 15 is 0 Å². The van der Waals surface area contributed by atoms with Gasteiger partial charge in [0, 0.05) is 33.2 Å². The molecule has 0 aromatic carbocycles. The van der Waals surface area contributed by atoms with E-state index in [0.717, 1.165) is 6.54 Å². The van der Waals surface area contributed by atoms with Crippen LogP contribution in [0.3, 0.4) is 0 Å². The van der Waals surface area contributed by atoms with Crippen molar-refractivity contribution in [3.05, 3.63) is 0 Å². The van der Waals surface area contributed by atoms with Crippen molar-refractivity contribution < 1.29 is 0 Å². The SMILES string of the molecule is CN1CCCN2CCCCN=C12. The molecule has 0 saturated carbocycles. The number of rotatable bonds is 0. The lowest BCUT2D eigenvalue weighted by molar-refractivity contribution is 0.286. The van der Waals surface area contributed by atoms with Crippen LogP contribution in [0.1, 0.15) is 19.3 Å². The molecule has 0 atom stereocenters. The third-order valence-electron chi connectivity index (χ3n) is 2.64. The third kappa shape index (κ3) is 1.40. The second-order valence-corrected chi connectivity index (χ2v) is 3.65. The first-order valence-corrected chi connectivity index (χ1v) is 4.88. The molecule has 0 amide bonds. The summed E-state index contributed by atoms with van der Waals surface area (Å²) in [5.41, 5.74) is 0. The molecule has 2 aliphatic heterocycles. The molecule has 1 fully saturated rings. The fourth-order valence-electron chi connectivity index (χ4n) is 1.97. The van der Waals surface area contributed by atoms with Crippen LogP contribution in [-0.2, 0) is 0 Å². The molecule has 2 rings (SSSR count). The van der Waals surface area contributed by atoms with E-state index in [1.165, 1.54) is 44.9 Å². The molecule has 2 heterocycles. The van der Waals surface area contributed by atoms with Gasteiger partial charge in [-0.2, -0.15) is 0 Å². The predicted octanol–water partition coefficient (Wildman–Crippen LogP) is 0.774. The maximum Gasteiger partial charge on any atom is 0.196 e. The maximum absolute atomic E-state index is 4.59. The first-order valence-electron chi connectivity index (χ1n) is 4.88. The van der Waals surface area contributed by atoms with Gasteiger partial charge in [-0.25, -0.2) is 0 Å². The van der Waals surface area contributed by atoms with Gasteiger partial charge in [0.05, 0.1) is 0 Å². The summed E-state index contributed by atoms with van der Waals surface area (Å²) in [5.74, 6) is 1.23. The van der Waals surface area contributed by atoms with Crippen molar-refractivity contribution in [1.29, 1.82) is 0 Å². The average molecular weight is 167 g/mol. The van der Waals surface area contributed by atoms with Gasteiger partial charge in [0.25, 0.3) is 0 Å². The van der Waals surface area contributed by atoms with E-state index in [1.807, 2.05) is 0 Å². The van der Waals surface area contributed by atoms with Crippen LogP contribution in [0.5, 0.6) is 0 Å².